The van der Waals surface area contributed by atoms with Crippen molar-refractivity contribution in [3.63, 3.8) is 0 Å². The first-order valence-electron chi connectivity index (χ1n) is 6.24. The maximum atomic E-state index is 6.37. The van der Waals surface area contributed by atoms with Crippen molar-refractivity contribution < 1.29 is 9.47 Å². The molecule has 1 atom stereocenters. The minimum absolute atomic E-state index is 0.0607. The van der Waals surface area contributed by atoms with Gasteiger partial charge in [0.25, 0.3) is 0 Å². The molecule has 0 fully saturated rings. The second-order valence-corrected chi connectivity index (χ2v) is 7.14. The molecule has 0 spiro atoms. The first-order chi connectivity index (χ1) is 10.1. The van der Waals surface area contributed by atoms with Crippen molar-refractivity contribution in [2.45, 2.75) is 4.83 Å². The van der Waals surface area contributed by atoms with Crippen LogP contribution in [-0.2, 0) is 0 Å². The van der Waals surface area contributed by atoms with Crippen LogP contribution in [0, 0.1) is 0 Å². The first-order valence-corrected chi connectivity index (χ1v) is 8.71. The van der Waals surface area contributed by atoms with Crippen LogP contribution in [0.3, 0.4) is 0 Å². The molecule has 0 amide bonds. The van der Waals surface area contributed by atoms with Crippen LogP contribution in [0.25, 0.3) is 0 Å². The zero-order valence-electron chi connectivity index (χ0n) is 10.7. The summed E-state index contributed by atoms with van der Waals surface area (Å²) >= 11 is 19.5. The smallest absolute Gasteiger partial charge is 0.162 e. The standard InChI is InChI=1S/C15H10Br2Cl2O2/c16-10-5-8(1-2-11(10)18)15(17)9-6-13-14(7-12(9)19)21-4-3-20-13/h1-2,5-7,15H,3-4H2. The molecule has 0 aliphatic carbocycles. The van der Waals surface area contributed by atoms with E-state index in [2.05, 4.69) is 31.9 Å². The minimum atomic E-state index is -0.0607. The SMILES string of the molecule is Clc1ccc(C(Br)c2cc3c(cc2Cl)OCCO3)cc1Br. The average Bonchev–Trinajstić information content (AvgIpc) is 2.48. The molecular formula is C15H10Br2Cl2O2. The number of hydrogen-bond acceptors (Lipinski definition) is 2. The predicted molar refractivity (Wildman–Crippen MR) is 92.4 cm³/mol. The molecule has 0 saturated heterocycles. The van der Waals surface area contributed by atoms with Gasteiger partial charge < -0.3 is 9.47 Å². The van der Waals surface area contributed by atoms with E-state index in [9.17, 15) is 0 Å². The Morgan fingerprint density at radius 1 is 0.952 bits per heavy atom. The fourth-order valence-corrected chi connectivity index (χ4v) is 3.70. The van der Waals surface area contributed by atoms with Crippen LogP contribution in [0.2, 0.25) is 10.0 Å². The highest BCUT2D eigenvalue weighted by atomic mass is 79.9. The molecule has 110 valence electrons. The number of fused-ring (bicyclic) bond motifs is 1. The van der Waals surface area contributed by atoms with Crippen molar-refractivity contribution in [1.29, 1.82) is 0 Å². The molecule has 0 saturated carbocycles. The van der Waals surface area contributed by atoms with E-state index in [0.717, 1.165) is 21.3 Å². The topological polar surface area (TPSA) is 18.5 Å². The van der Waals surface area contributed by atoms with E-state index >= 15 is 0 Å². The molecule has 21 heavy (non-hydrogen) atoms. The van der Waals surface area contributed by atoms with Crippen LogP contribution < -0.4 is 9.47 Å². The van der Waals surface area contributed by atoms with Gasteiger partial charge in [-0.1, -0.05) is 45.2 Å². The number of benzene rings is 2. The van der Waals surface area contributed by atoms with Gasteiger partial charge >= 0.3 is 0 Å². The Morgan fingerprint density at radius 2 is 1.62 bits per heavy atom. The van der Waals surface area contributed by atoms with E-state index in [4.69, 9.17) is 32.7 Å². The van der Waals surface area contributed by atoms with Gasteiger partial charge in [0.2, 0.25) is 0 Å². The molecule has 0 radical (unpaired) electrons. The molecule has 0 bridgehead atoms. The molecule has 0 N–H and O–H groups in total. The van der Waals surface area contributed by atoms with Crippen LogP contribution >= 0.6 is 55.1 Å². The first kappa shape index (κ1) is 15.5. The molecule has 1 aliphatic rings. The van der Waals surface area contributed by atoms with Gasteiger partial charge in [-0.15, -0.1) is 0 Å². The third-order valence-electron chi connectivity index (χ3n) is 3.17. The summed E-state index contributed by atoms with van der Waals surface area (Å²) < 4.78 is 12.0. The fourth-order valence-electron chi connectivity index (χ4n) is 2.12. The Balaban J connectivity index is 2.00. The highest BCUT2D eigenvalue weighted by Gasteiger charge is 2.20. The van der Waals surface area contributed by atoms with Crippen LogP contribution in [0.1, 0.15) is 16.0 Å². The Hall–Kier alpha value is -0.420. The van der Waals surface area contributed by atoms with E-state index in [-0.39, 0.29) is 4.83 Å². The highest BCUT2D eigenvalue weighted by molar-refractivity contribution is 9.10. The Labute approximate surface area is 149 Å². The number of hydrogen-bond donors (Lipinski definition) is 0. The quantitative estimate of drug-likeness (QED) is 0.519. The predicted octanol–water partition coefficient (Wildman–Crippen LogP) is 6.01. The largest absolute Gasteiger partial charge is 0.486 e. The summed E-state index contributed by atoms with van der Waals surface area (Å²) in [6, 6.07) is 9.49. The van der Waals surface area contributed by atoms with Gasteiger partial charge in [-0.3, -0.25) is 0 Å². The summed E-state index contributed by atoms with van der Waals surface area (Å²) in [5.74, 6) is 1.41. The number of ether oxygens (including phenoxy) is 2. The molecule has 1 heterocycles. The summed E-state index contributed by atoms with van der Waals surface area (Å²) in [7, 11) is 0. The lowest BCUT2D eigenvalue weighted by Gasteiger charge is -2.21. The van der Waals surface area contributed by atoms with Gasteiger partial charge in [-0.05, 0) is 45.3 Å². The minimum Gasteiger partial charge on any atom is -0.486 e. The third-order valence-corrected chi connectivity index (χ3v) is 5.73. The second kappa shape index (κ2) is 6.37. The van der Waals surface area contributed by atoms with E-state index in [1.54, 1.807) is 6.07 Å². The fraction of sp³-hybridized carbons (Fsp3) is 0.200. The van der Waals surface area contributed by atoms with E-state index in [0.29, 0.717) is 29.0 Å². The maximum Gasteiger partial charge on any atom is 0.162 e. The third kappa shape index (κ3) is 3.19. The van der Waals surface area contributed by atoms with Gasteiger partial charge in [0.15, 0.2) is 11.5 Å². The van der Waals surface area contributed by atoms with Gasteiger partial charge in [0.1, 0.15) is 13.2 Å². The van der Waals surface area contributed by atoms with Crippen molar-refractivity contribution >= 4 is 55.1 Å². The average molecular weight is 453 g/mol. The van der Waals surface area contributed by atoms with E-state index < -0.39 is 0 Å². The molecule has 2 nitrogen and oxygen atoms in total. The number of alkyl halides is 1. The normalized spacial score (nSPS) is 14.9. The summed E-state index contributed by atoms with van der Waals surface area (Å²) in [5, 5.41) is 1.30. The van der Waals surface area contributed by atoms with E-state index in [1.807, 2.05) is 24.3 Å². The van der Waals surface area contributed by atoms with Gasteiger partial charge in [0, 0.05) is 15.6 Å². The van der Waals surface area contributed by atoms with Crippen LogP contribution in [-0.4, -0.2) is 13.2 Å². The molecular weight excluding hydrogens is 443 g/mol. The maximum absolute atomic E-state index is 6.37. The van der Waals surface area contributed by atoms with Crippen molar-refractivity contribution in [3.8, 4) is 11.5 Å². The Morgan fingerprint density at radius 3 is 2.29 bits per heavy atom. The van der Waals surface area contributed by atoms with Gasteiger partial charge in [0.05, 0.1) is 9.85 Å². The van der Waals surface area contributed by atoms with Crippen molar-refractivity contribution in [2.24, 2.45) is 0 Å². The lowest BCUT2D eigenvalue weighted by molar-refractivity contribution is 0.171. The van der Waals surface area contributed by atoms with Crippen LogP contribution in [0.5, 0.6) is 11.5 Å². The second-order valence-electron chi connectivity index (χ2n) is 4.55. The monoisotopic (exact) mass is 450 g/mol. The number of rotatable bonds is 2. The van der Waals surface area contributed by atoms with Crippen LogP contribution in [0.15, 0.2) is 34.8 Å². The lowest BCUT2D eigenvalue weighted by Crippen LogP contribution is -2.15. The zero-order valence-corrected chi connectivity index (χ0v) is 15.4. The zero-order chi connectivity index (χ0) is 15.0. The Kier molecular flexibility index (Phi) is 4.69. The molecule has 3 rings (SSSR count). The molecule has 1 aliphatic heterocycles. The molecule has 1 unspecified atom stereocenters. The summed E-state index contributed by atoms with van der Waals surface area (Å²) in [6.45, 7) is 1.10. The molecule has 2 aromatic carbocycles. The van der Waals surface area contributed by atoms with Crippen molar-refractivity contribution in [2.75, 3.05) is 13.2 Å². The van der Waals surface area contributed by atoms with Gasteiger partial charge in [-0.25, -0.2) is 0 Å². The van der Waals surface area contributed by atoms with Crippen LogP contribution in [0.4, 0.5) is 0 Å². The molecule has 2 aromatic rings. The summed E-state index contributed by atoms with van der Waals surface area (Å²) in [5.41, 5.74) is 1.97. The number of halogens is 4. The molecule has 6 heteroatoms. The lowest BCUT2D eigenvalue weighted by atomic mass is 10.0. The molecule has 0 aromatic heterocycles. The van der Waals surface area contributed by atoms with Crippen molar-refractivity contribution in [1.82, 2.24) is 0 Å². The Bertz CT molecular complexity index is 692. The summed E-state index contributed by atoms with van der Waals surface area (Å²) in [4.78, 5) is -0.0607. The summed E-state index contributed by atoms with van der Waals surface area (Å²) in [6.07, 6.45) is 0. The highest BCUT2D eigenvalue weighted by Crippen LogP contribution is 2.43. The van der Waals surface area contributed by atoms with E-state index in [1.165, 1.54) is 0 Å². The van der Waals surface area contributed by atoms with Crippen molar-refractivity contribution in [3.05, 3.63) is 56.0 Å². The van der Waals surface area contributed by atoms with Gasteiger partial charge in [-0.2, -0.15) is 0 Å².